The molecule has 0 radical (unpaired) electrons. The van der Waals surface area contributed by atoms with Crippen molar-refractivity contribution in [1.29, 1.82) is 0 Å². The van der Waals surface area contributed by atoms with Gasteiger partial charge < -0.3 is 9.80 Å². The van der Waals surface area contributed by atoms with Crippen LogP contribution in [0.3, 0.4) is 0 Å². The van der Waals surface area contributed by atoms with Gasteiger partial charge in [0.1, 0.15) is 6.54 Å². The molecular formula is C21H23N7O4. The fraction of sp³-hybridized carbons (Fsp3) is 0.333. The second-order valence-electron chi connectivity index (χ2n) is 7.67. The maximum Gasteiger partial charge on any atom is 0.269 e. The fourth-order valence-electron chi connectivity index (χ4n) is 3.75. The van der Waals surface area contributed by atoms with Gasteiger partial charge in [-0.05, 0) is 38.1 Å². The Morgan fingerprint density at radius 1 is 1.03 bits per heavy atom. The smallest absolute Gasteiger partial charge is 0.269 e. The predicted molar refractivity (Wildman–Crippen MR) is 117 cm³/mol. The average Bonchev–Trinajstić information content (AvgIpc) is 3.13. The standard InChI is InChI=1S/C21H23N7O4/c1-15-13-16(2)27(22-15)19-7-8-20(29)26(23-19)14-21(30)25-11-9-24(10-12-25)17-3-5-18(6-4-17)28(31)32/h3-8,13H,9-12,14H2,1-2H3. The van der Waals surface area contributed by atoms with E-state index in [-0.39, 0.29) is 23.7 Å². The number of carbonyl (C=O) groups excluding carboxylic acids is 1. The van der Waals surface area contributed by atoms with Gasteiger partial charge in [-0.25, -0.2) is 9.36 Å². The Morgan fingerprint density at radius 3 is 2.31 bits per heavy atom. The minimum atomic E-state index is -0.430. The first-order valence-corrected chi connectivity index (χ1v) is 10.2. The minimum absolute atomic E-state index is 0.0446. The quantitative estimate of drug-likeness (QED) is 0.436. The van der Waals surface area contributed by atoms with Crippen LogP contribution in [0, 0.1) is 24.0 Å². The number of nitro benzene ring substituents is 1. The molecule has 11 heteroatoms. The van der Waals surface area contributed by atoms with Crippen LogP contribution in [0.15, 0.2) is 47.3 Å². The lowest BCUT2D eigenvalue weighted by molar-refractivity contribution is -0.384. The summed E-state index contributed by atoms with van der Waals surface area (Å²) in [7, 11) is 0. The SMILES string of the molecule is Cc1cc(C)n(-c2ccc(=O)n(CC(=O)N3CCN(c4ccc([N+](=O)[O-])cc4)CC3)n2)n1. The van der Waals surface area contributed by atoms with E-state index >= 15 is 0 Å². The summed E-state index contributed by atoms with van der Waals surface area (Å²) in [6.07, 6.45) is 0. The van der Waals surface area contributed by atoms with Crippen LogP contribution in [0.4, 0.5) is 11.4 Å². The first-order chi connectivity index (χ1) is 15.3. The summed E-state index contributed by atoms with van der Waals surface area (Å²) < 4.78 is 2.80. The molecule has 0 bridgehead atoms. The van der Waals surface area contributed by atoms with E-state index in [0.29, 0.717) is 32.0 Å². The van der Waals surface area contributed by atoms with Crippen LogP contribution < -0.4 is 10.5 Å². The summed E-state index contributed by atoms with van der Waals surface area (Å²) in [4.78, 5) is 39.2. The Kier molecular flexibility index (Phi) is 5.71. The molecule has 1 amide bonds. The number of non-ortho nitro benzene ring substituents is 1. The van der Waals surface area contributed by atoms with Crippen molar-refractivity contribution in [3.8, 4) is 5.82 Å². The van der Waals surface area contributed by atoms with Crippen LogP contribution in [-0.2, 0) is 11.3 Å². The first-order valence-electron chi connectivity index (χ1n) is 10.2. The molecule has 0 saturated carbocycles. The molecule has 0 unspecified atom stereocenters. The molecule has 4 rings (SSSR count). The highest BCUT2D eigenvalue weighted by atomic mass is 16.6. The number of aryl methyl sites for hydroxylation is 2. The largest absolute Gasteiger partial charge is 0.368 e. The van der Waals surface area contributed by atoms with E-state index in [0.717, 1.165) is 21.8 Å². The van der Waals surface area contributed by atoms with Crippen molar-refractivity contribution in [2.75, 3.05) is 31.1 Å². The van der Waals surface area contributed by atoms with E-state index < -0.39 is 4.92 Å². The third-order valence-electron chi connectivity index (χ3n) is 5.42. The van der Waals surface area contributed by atoms with Crippen LogP contribution in [0.1, 0.15) is 11.4 Å². The number of benzene rings is 1. The summed E-state index contributed by atoms with van der Waals surface area (Å²) in [6.45, 7) is 5.79. The zero-order valence-electron chi connectivity index (χ0n) is 17.8. The number of amides is 1. The van der Waals surface area contributed by atoms with Crippen molar-refractivity contribution in [2.24, 2.45) is 0 Å². The third kappa shape index (κ3) is 4.36. The average molecular weight is 437 g/mol. The summed E-state index contributed by atoms with van der Waals surface area (Å²) in [5, 5.41) is 19.5. The summed E-state index contributed by atoms with van der Waals surface area (Å²) in [5.41, 5.74) is 2.28. The number of hydrogen-bond acceptors (Lipinski definition) is 7. The summed E-state index contributed by atoms with van der Waals surface area (Å²) >= 11 is 0. The van der Waals surface area contributed by atoms with E-state index in [2.05, 4.69) is 15.1 Å². The number of aromatic nitrogens is 4. The molecule has 1 aliphatic heterocycles. The molecule has 1 fully saturated rings. The lowest BCUT2D eigenvalue weighted by Gasteiger charge is -2.36. The highest BCUT2D eigenvalue weighted by molar-refractivity contribution is 5.76. The normalized spacial score (nSPS) is 13.9. The van der Waals surface area contributed by atoms with Gasteiger partial charge in [-0.1, -0.05) is 0 Å². The minimum Gasteiger partial charge on any atom is -0.368 e. The lowest BCUT2D eigenvalue weighted by atomic mass is 10.2. The second kappa shape index (κ2) is 8.61. The van der Waals surface area contributed by atoms with E-state index in [1.165, 1.54) is 18.2 Å². The third-order valence-corrected chi connectivity index (χ3v) is 5.42. The first kappa shape index (κ1) is 21.2. The molecule has 32 heavy (non-hydrogen) atoms. The molecule has 1 aliphatic rings. The maximum absolute atomic E-state index is 12.8. The van der Waals surface area contributed by atoms with E-state index in [1.807, 2.05) is 19.9 Å². The van der Waals surface area contributed by atoms with Crippen molar-refractivity contribution in [2.45, 2.75) is 20.4 Å². The molecule has 166 valence electrons. The van der Waals surface area contributed by atoms with Crippen molar-refractivity contribution in [3.63, 3.8) is 0 Å². The molecule has 1 aromatic carbocycles. The van der Waals surface area contributed by atoms with Crippen LogP contribution in [0.5, 0.6) is 0 Å². The Labute approximate surface area is 183 Å². The van der Waals surface area contributed by atoms with Gasteiger partial charge in [-0.15, -0.1) is 5.10 Å². The van der Waals surface area contributed by atoms with Crippen molar-refractivity contribution in [3.05, 3.63) is 74.3 Å². The van der Waals surface area contributed by atoms with Gasteiger partial charge in [0.05, 0.1) is 10.6 Å². The number of hydrogen-bond donors (Lipinski definition) is 0. The molecule has 2 aromatic heterocycles. The Hall–Kier alpha value is -4.02. The van der Waals surface area contributed by atoms with Crippen LogP contribution in [0.2, 0.25) is 0 Å². The number of carbonyl (C=O) groups is 1. The van der Waals surface area contributed by atoms with Gasteiger partial charge in [0, 0.05) is 55.8 Å². The molecule has 0 N–H and O–H groups in total. The number of nitrogens with zero attached hydrogens (tertiary/aromatic N) is 7. The molecule has 1 saturated heterocycles. The van der Waals surface area contributed by atoms with Gasteiger partial charge in [0.2, 0.25) is 5.91 Å². The second-order valence-corrected chi connectivity index (χ2v) is 7.67. The topological polar surface area (TPSA) is 119 Å². The number of anilines is 1. The zero-order valence-corrected chi connectivity index (χ0v) is 17.8. The Balaban J connectivity index is 1.41. The number of nitro groups is 1. The predicted octanol–water partition coefficient (Wildman–Crippen LogP) is 1.30. The van der Waals surface area contributed by atoms with Crippen LogP contribution in [0.25, 0.3) is 5.82 Å². The highest BCUT2D eigenvalue weighted by Crippen LogP contribution is 2.20. The van der Waals surface area contributed by atoms with Gasteiger partial charge >= 0.3 is 0 Å². The van der Waals surface area contributed by atoms with E-state index in [1.54, 1.807) is 27.8 Å². The zero-order chi connectivity index (χ0) is 22.8. The summed E-state index contributed by atoms with van der Waals surface area (Å²) in [6, 6.07) is 11.3. The van der Waals surface area contributed by atoms with Gasteiger partial charge in [-0.3, -0.25) is 19.7 Å². The van der Waals surface area contributed by atoms with Crippen LogP contribution in [-0.4, -0.2) is 61.5 Å². The van der Waals surface area contributed by atoms with Gasteiger partial charge in [0.25, 0.3) is 11.2 Å². The fourth-order valence-corrected chi connectivity index (χ4v) is 3.75. The molecular weight excluding hydrogens is 414 g/mol. The van der Waals surface area contributed by atoms with E-state index in [9.17, 15) is 19.7 Å². The molecule has 0 spiro atoms. The van der Waals surface area contributed by atoms with Crippen molar-refractivity contribution >= 4 is 17.3 Å². The number of piperazine rings is 1. The molecule has 3 heterocycles. The number of rotatable bonds is 5. The highest BCUT2D eigenvalue weighted by Gasteiger charge is 2.22. The maximum atomic E-state index is 12.8. The van der Waals surface area contributed by atoms with Crippen LogP contribution >= 0.6 is 0 Å². The molecule has 0 atom stereocenters. The molecule has 3 aromatic rings. The Morgan fingerprint density at radius 2 is 1.72 bits per heavy atom. The molecule has 0 aliphatic carbocycles. The Bertz CT molecular complexity index is 1210. The molecule has 11 nitrogen and oxygen atoms in total. The summed E-state index contributed by atoms with van der Waals surface area (Å²) in [5.74, 6) is 0.291. The van der Waals surface area contributed by atoms with Gasteiger partial charge in [-0.2, -0.15) is 5.10 Å². The lowest BCUT2D eigenvalue weighted by Crippen LogP contribution is -2.50. The van der Waals surface area contributed by atoms with Crippen molar-refractivity contribution in [1.82, 2.24) is 24.5 Å². The van der Waals surface area contributed by atoms with E-state index in [4.69, 9.17) is 0 Å². The monoisotopic (exact) mass is 437 g/mol. The van der Waals surface area contributed by atoms with Gasteiger partial charge in [0.15, 0.2) is 5.82 Å². The van der Waals surface area contributed by atoms with Crippen molar-refractivity contribution < 1.29 is 9.72 Å².